The van der Waals surface area contributed by atoms with Crippen molar-refractivity contribution in [3.05, 3.63) is 216 Å². The van der Waals surface area contributed by atoms with Crippen LogP contribution in [0.25, 0.3) is 33.4 Å². The zero-order valence-corrected chi connectivity index (χ0v) is 31.9. The van der Waals surface area contributed by atoms with Gasteiger partial charge in [0.2, 0.25) is 0 Å². The summed E-state index contributed by atoms with van der Waals surface area (Å²) in [6.45, 7) is 9.23. The first-order valence-corrected chi connectivity index (χ1v) is 19.2. The number of anilines is 6. The minimum Gasteiger partial charge on any atom is -0.310 e. The van der Waals surface area contributed by atoms with Crippen LogP contribution in [-0.4, -0.2) is 0 Å². The third-order valence-electron chi connectivity index (χ3n) is 11.3. The fourth-order valence-corrected chi connectivity index (χ4v) is 8.50. The summed E-state index contributed by atoms with van der Waals surface area (Å²) in [5.74, 6) is 0. The van der Waals surface area contributed by atoms with Gasteiger partial charge in [-0.05, 0) is 154 Å². The van der Waals surface area contributed by atoms with Crippen LogP contribution >= 0.6 is 0 Å². The molecule has 0 amide bonds. The lowest BCUT2D eigenvalue weighted by Crippen LogP contribution is -2.15. The number of hydrogen-bond acceptors (Lipinski definition) is 2. The molecule has 0 spiro atoms. The van der Waals surface area contributed by atoms with E-state index in [0.717, 1.165) is 34.1 Å². The highest BCUT2D eigenvalue weighted by atomic mass is 15.1. The molecule has 2 heteroatoms. The number of para-hydroxylation sites is 4. The highest BCUT2D eigenvalue weighted by Crippen LogP contribution is 2.51. The van der Waals surface area contributed by atoms with Gasteiger partial charge in [-0.2, -0.15) is 0 Å². The molecule has 0 aliphatic heterocycles. The van der Waals surface area contributed by atoms with E-state index >= 15 is 0 Å². The largest absolute Gasteiger partial charge is 0.310 e. The van der Waals surface area contributed by atoms with E-state index in [9.17, 15) is 0 Å². The Labute approximate surface area is 325 Å². The van der Waals surface area contributed by atoms with Gasteiger partial charge in [0, 0.05) is 39.5 Å². The number of aryl methyl sites for hydroxylation is 2. The quantitative estimate of drug-likeness (QED) is 0.155. The lowest BCUT2D eigenvalue weighted by Gasteiger charge is -2.26. The van der Waals surface area contributed by atoms with Gasteiger partial charge >= 0.3 is 0 Å². The molecule has 1 aliphatic carbocycles. The van der Waals surface area contributed by atoms with Crippen molar-refractivity contribution in [2.45, 2.75) is 33.1 Å². The predicted molar refractivity (Wildman–Crippen MR) is 234 cm³/mol. The van der Waals surface area contributed by atoms with Gasteiger partial charge in [0.1, 0.15) is 0 Å². The van der Waals surface area contributed by atoms with Gasteiger partial charge in [0.05, 0.1) is 0 Å². The van der Waals surface area contributed by atoms with Crippen LogP contribution in [0, 0.1) is 13.8 Å². The van der Waals surface area contributed by atoms with Crippen molar-refractivity contribution in [3.8, 4) is 33.4 Å². The lowest BCUT2D eigenvalue weighted by molar-refractivity contribution is 0.661. The van der Waals surface area contributed by atoms with Crippen molar-refractivity contribution in [1.29, 1.82) is 0 Å². The molecule has 0 bridgehead atoms. The minimum atomic E-state index is -0.146. The SMILES string of the molecule is Cc1cc(N(c2ccccc2)c2ccccc2)ccc1-c1ccc2c(c1)C(C)(C)c1cc(-c3ccc(N(c4ccccc4)c4ccccc4)cc3C)ccc1-2. The van der Waals surface area contributed by atoms with E-state index in [0.29, 0.717) is 0 Å². The van der Waals surface area contributed by atoms with E-state index in [1.54, 1.807) is 0 Å². The van der Waals surface area contributed by atoms with Crippen molar-refractivity contribution in [1.82, 2.24) is 0 Å². The fraction of sp³-hybridized carbons (Fsp3) is 0.0943. The molecule has 8 aromatic rings. The van der Waals surface area contributed by atoms with Gasteiger partial charge in [-0.1, -0.05) is 123 Å². The first kappa shape index (κ1) is 34.1. The molecule has 0 saturated heterocycles. The molecule has 0 N–H and O–H groups in total. The van der Waals surface area contributed by atoms with E-state index < -0.39 is 0 Å². The zero-order chi connectivity index (χ0) is 37.5. The van der Waals surface area contributed by atoms with E-state index in [-0.39, 0.29) is 5.41 Å². The van der Waals surface area contributed by atoms with Gasteiger partial charge in [-0.15, -0.1) is 0 Å². The molecule has 0 radical (unpaired) electrons. The van der Waals surface area contributed by atoms with Gasteiger partial charge in [0.15, 0.2) is 0 Å². The number of fused-ring (bicyclic) bond motifs is 3. The minimum absolute atomic E-state index is 0.146. The summed E-state index contributed by atoms with van der Waals surface area (Å²) in [5.41, 5.74) is 19.7. The third kappa shape index (κ3) is 6.20. The van der Waals surface area contributed by atoms with Crippen LogP contribution in [0.3, 0.4) is 0 Å². The van der Waals surface area contributed by atoms with Crippen LogP contribution in [0.1, 0.15) is 36.1 Å². The summed E-state index contributed by atoms with van der Waals surface area (Å²) >= 11 is 0. The Bertz CT molecular complexity index is 2360. The molecule has 55 heavy (non-hydrogen) atoms. The lowest BCUT2D eigenvalue weighted by atomic mass is 9.80. The maximum absolute atomic E-state index is 2.44. The normalized spacial score (nSPS) is 12.5. The van der Waals surface area contributed by atoms with Crippen LogP contribution in [0.15, 0.2) is 194 Å². The van der Waals surface area contributed by atoms with Crippen molar-refractivity contribution in [2.75, 3.05) is 9.80 Å². The molecule has 8 aromatic carbocycles. The molecule has 0 heterocycles. The molecule has 0 fully saturated rings. The Morgan fingerprint density at radius 3 is 0.927 bits per heavy atom. The van der Waals surface area contributed by atoms with Crippen molar-refractivity contribution in [3.63, 3.8) is 0 Å². The van der Waals surface area contributed by atoms with Crippen LogP contribution in [0.5, 0.6) is 0 Å². The maximum atomic E-state index is 2.44. The number of rotatable bonds is 8. The molecule has 0 unspecified atom stereocenters. The molecule has 0 aromatic heterocycles. The summed E-state index contributed by atoms with van der Waals surface area (Å²) in [6.07, 6.45) is 0. The second-order valence-electron chi connectivity index (χ2n) is 15.2. The Hall–Kier alpha value is -6.64. The Morgan fingerprint density at radius 1 is 0.309 bits per heavy atom. The number of nitrogens with zero attached hydrogens (tertiary/aromatic N) is 2. The molecule has 266 valence electrons. The van der Waals surface area contributed by atoms with Gasteiger partial charge in [0.25, 0.3) is 0 Å². The maximum Gasteiger partial charge on any atom is 0.0464 e. The van der Waals surface area contributed by atoms with Crippen molar-refractivity contribution < 1.29 is 0 Å². The van der Waals surface area contributed by atoms with E-state index in [1.807, 2.05) is 0 Å². The zero-order valence-electron chi connectivity index (χ0n) is 31.9. The van der Waals surface area contributed by atoms with Crippen LogP contribution in [0.4, 0.5) is 34.1 Å². The second-order valence-corrected chi connectivity index (χ2v) is 15.2. The van der Waals surface area contributed by atoms with Gasteiger partial charge in [-0.25, -0.2) is 0 Å². The summed E-state index contributed by atoms with van der Waals surface area (Å²) in [7, 11) is 0. The Morgan fingerprint density at radius 2 is 0.618 bits per heavy atom. The summed E-state index contributed by atoms with van der Waals surface area (Å²) in [4.78, 5) is 4.66. The molecule has 0 saturated carbocycles. The van der Waals surface area contributed by atoms with Crippen LogP contribution < -0.4 is 9.80 Å². The number of hydrogen-bond donors (Lipinski definition) is 0. The molecular formula is C53H44N2. The number of benzene rings is 8. The van der Waals surface area contributed by atoms with Gasteiger partial charge in [-0.3, -0.25) is 0 Å². The van der Waals surface area contributed by atoms with Gasteiger partial charge < -0.3 is 9.80 Å². The molecule has 9 rings (SSSR count). The van der Waals surface area contributed by atoms with Crippen molar-refractivity contribution >= 4 is 34.1 Å². The summed E-state index contributed by atoms with van der Waals surface area (Å²) in [5, 5.41) is 0. The molecule has 1 aliphatic rings. The van der Waals surface area contributed by atoms with Crippen LogP contribution in [0.2, 0.25) is 0 Å². The first-order chi connectivity index (χ1) is 26.9. The monoisotopic (exact) mass is 708 g/mol. The standard InChI is InChI=1S/C53H44N2/c1-37-33-45(54(41-17-9-5-10-18-41)42-19-11-6-12-20-42)27-31-47(37)39-25-29-49-50-30-26-40(36-52(50)53(3,4)51(49)35-39)48-32-28-46(34-38(48)2)55(43-21-13-7-14-22-43)44-23-15-8-16-24-44/h5-36H,1-4H3. The van der Waals surface area contributed by atoms with Crippen molar-refractivity contribution in [2.24, 2.45) is 0 Å². The highest BCUT2D eigenvalue weighted by molar-refractivity contribution is 5.88. The predicted octanol–water partition coefficient (Wildman–Crippen LogP) is 14.9. The third-order valence-corrected chi connectivity index (χ3v) is 11.3. The fourth-order valence-electron chi connectivity index (χ4n) is 8.50. The summed E-state index contributed by atoms with van der Waals surface area (Å²) in [6, 6.07) is 70.4. The van der Waals surface area contributed by atoms with E-state index in [1.165, 1.54) is 55.6 Å². The first-order valence-electron chi connectivity index (χ1n) is 19.2. The Kier molecular flexibility index (Phi) is 8.67. The summed E-state index contributed by atoms with van der Waals surface area (Å²) < 4.78 is 0. The second kappa shape index (κ2) is 14.0. The average Bonchev–Trinajstić information content (AvgIpc) is 3.44. The van der Waals surface area contributed by atoms with Crippen LogP contribution in [-0.2, 0) is 5.41 Å². The smallest absolute Gasteiger partial charge is 0.0464 e. The average molecular weight is 709 g/mol. The molecule has 2 nitrogen and oxygen atoms in total. The van der Waals surface area contributed by atoms with E-state index in [2.05, 4.69) is 232 Å². The Balaban J connectivity index is 1.04. The molecule has 0 atom stereocenters. The highest BCUT2D eigenvalue weighted by Gasteiger charge is 2.36. The topological polar surface area (TPSA) is 6.48 Å². The molecular weight excluding hydrogens is 665 g/mol. The van der Waals surface area contributed by atoms with E-state index in [4.69, 9.17) is 0 Å².